The first kappa shape index (κ1) is 35.3. The zero-order valence-corrected chi connectivity index (χ0v) is 26.2. The number of ketones is 2. The molecule has 0 bridgehead atoms. The number of hydrogen-bond acceptors (Lipinski definition) is 6. The average molecular weight is 524 g/mol. The van der Waals surface area contributed by atoms with Crippen LogP contribution in [0.4, 0.5) is 0 Å². The van der Waals surface area contributed by atoms with Gasteiger partial charge in [-0.05, 0) is 65.8 Å². The number of Topliss-reactive ketones (excluding diaryl/α,β-unsaturated/α-hetero) is 2. The van der Waals surface area contributed by atoms with Crippen molar-refractivity contribution in [1.29, 1.82) is 0 Å². The summed E-state index contributed by atoms with van der Waals surface area (Å²) >= 11 is 1.86. The van der Waals surface area contributed by atoms with Crippen molar-refractivity contribution in [1.82, 2.24) is 10.1 Å². The maximum Gasteiger partial charge on any atom is 0.296 e. The van der Waals surface area contributed by atoms with Gasteiger partial charge in [-0.1, -0.05) is 55.4 Å². The summed E-state index contributed by atoms with van der Waals surface area (Å²) in [7, 11) is 1.56. The van der Waals surface area contributed by atoms with Crippen molar-refractivity contribution >= 4 is 36.4 Å². The lowest BCUT2D eigenvalue weighted by Gasteiger charge is -2.52. The summed E-state index contributed by atoms with van der Waals surface area (Å²) in [6.45, 7) is 24.2. The van der Waals surface area contributed by atoms with Crippen LogP contribution in [-0.4, -0.2) is 65.2 Å². The van der Waals surface area contributed by atoms with E-state index >= 15 is 0 Å². The van der Waals surface area contributed by atoms with Crippen molar-refractivity contribution in [2.75, 3.05) is 24.6 Å². The highest BCUT2D eigenvalue weighted by atomic mass is 32.2. The van der Waals surface area contributed by atoms with E-state index in [1.165, 1.54) is 0 Å². The van der Waals surface area contributed by atoms with Crippen LogP contribution in [0.5, 0.6) is 0 Å². The molecule has 5 nitrogen and oxygen atoms in total. The maximum atomic E-state index is 13.7. The topological polar surface area (TPSA) is 66.5 Å². The van der Waals surface area contributed by atoms with E-state index in [0.717, 1.165) is 50.3 Å². The second kappa shape index (κ2) is 16.3. The molecule has 0 aromatic carbocycles. The molecule has 209 valence electrons. The summed E-state index contributed by atoms with van der Waals surface area (Å²) < 4.78 is 0. The van der Waals surface area contributed by atoms with Crippen molar-refractivity contribution in [3.8, 4) is 0 Å². The molecule has 0 rings (SSSR count). The van der Waals surface area contributed by atoms with E-state index in [2.05, 4.69) is 65.5 Å². The van der Waals surface area contributed by atoms with Crippen molar-refractivity contribution in [3.63, 3.8) is 0 Å². The number of rotatable bonds is 21. The molecule has 0 heterocycles. The van der Waals surface area contributed by atoms with Crippen LogP contribution in [0.25, 0.3) is 0 Å². The van der Waals surface area contributed by atoms with Gasteiger partial charge in [0.2, 0.25) is 0 Å². The zero-order valence-electron chi connectivity index (χ0n) is 25.4. The van der Waals surface area contributed by atoms with E-state index < -0.39 is 11.0 Å². The first-order valence-electron chi connectivity index (χ1n) is 14.3. The molecule has 1 radical (unpaired) electrons. The molecule has 4 atom stereocenters. The summed E-state index contributed by atoms with van der Waals surface area (Å²) in [5, 5.41) is 3.16. The lowest BCUT2D eigenvalue weighted by Crippen LogP contribution is -2.63. The van der Waals surface area contributed by atoms with E-state index in [0.29, 0.717) is 18.6 Å². The smallest absolute Gasteiger partial charge is 0.296 e. The van der Waals surface area contributed by atoms with Crippen LogP contribution < -0.4 is 5.23 Å². The van der Waals surface area contributed by atoms with Gasteiger partial charge in [-0.15, -0.1) is 0 Å². The Balaban J connectivity index is 5.47. The van der Waals surface area contributed by atoms with Crippen molar-refractivity contribution in [2.45, 2.75) is 126 Å². The highest BCUT2D eigenvalue weighted by Gasteiger charge is 2.50. The van der Waals surface area contributed by atoms with Crippen molar-refractivity contribution < 1.29 is 14.4 Å². The molecular weight excluding hydrogens is 467 g/mol. The molecular formula is C29H56BN2O3S. The Morgan fingerprint density at radius 1 is 0.861 bits per heavy atom. The number of nitrogens with zero attached hydrogens (tertiary/aromatic N) is 1. The Morgan fingerprint density at radius 2 is 1.42 bits per heavy atom. The van der Waals surface area contributed by atoms with E-state index in [1.807, 2.05) is 25.6 Å². The summed E-state index contributed by atoms with van der Waals surface area (Å²) in [6, 6.07) is 0. The second-order valence-corrected chi connectivity index (χ2v) is 12.0. The quantitative estimate of drug-likeness (QED) is 0.144. The summed E-state index contributed by atoms with van der Waals surface area (Å²) in [5.74, 6) is 2.58. The first-order valence-corrected chi connectivity index (χ1v) is 15.5. The summed E-state index contributed by atoms with van der Waals surface area (Å²) in [5.41, 5.74) is -1.61. The highest BCUT2D eigenvalue weighted by molar-refractivity contribution is 7.99. The molecule has 0 fully saturated rings. The third kappa shape index (κ3) is 8.43. The van der Waals surface area contributed by atoms with Gasteiger partial charge >= 0.3 is 0 Å². The van der Waals surface area contributed by atoms with E-state index in [1.54, 1.807) is 14.3 Å². The van der Waals surface area contributed by atoms with Gasteiger partial charge in [-0.25, -0.2) is 0 Å². The zero-order chi connectivity index (χ0) is 28.2. The predicted molar refractivity (Wildman–Crippen MR) is 158 cm³/mol. The fraction of sp³-hybridized carbons (Fsp3) is 0.897. The largest absolute Gasteiger partial charge is 0.342 e. The average Bonchev–Trinajstić information content (AvgIpc) is 2.88. The maximum absolute atomic E-state index is 13.7. The Bertz CT molecular complexity index is 702. The van der Waals surface area contributed by atoms with Crippen LogP contribution in [0.15, 0.2) is 0 Å². The number of carbonyl (C=O) groups is 3. The van der Waals surface area contributed by atoms with E-state index in [4.69, 9.17) is 0 Å². The molecule has 0 aliphatic carbocycles. The standard InChI is InChI=1S/C29H56BN2O3S/c1-12-23(13-2)25(34)24(14-3)21-36-20-19-32(18-7)29(11,17-6)27(9,15-4)26(35)30-31-28(10,16-5)22(8)33/h23-24,31H,12-21H2,1-11H3. The van der Waals surface area contributed by atoms with Crippen LogP contribution in [0.3, 0.4) is 0 Å². The lowest BCUT2D eigenvalue weighted by atomic mass is 9.57. The number of nitrogens with one attached hydrogen (secondary N) is 1. The number of hydrogen-bond donors (Lipinski definition) is 1. The van der Waals surface area contributed by atoms with E-state index in [9.17, 15) is 14.4 Å². The second-order valence-electron chi connectivity index (χ2n) is 10.9. The molecule has 1 N–H and O–H groups in total. The van der Waals surface area contributed by atoms with Crippen LogP contribution in [-0.2, 0) is 14.4 Å². The van der Waals surface area contributed by atoms with Gasteiger partial charge in [0.1, 0.15) is 17.2 Å². The molecule has 0 saturated carbocycles. The fourth-order valence-electron chi connectivity index (χ4n) is 5.20. The van der Waals surface area contributed by atoms with Crippen LogP contribution >= 0.6 is 11.8 Å². The van der Waals surface area contributed by atoms with Crippen LogP contribution in [0, 0.1) is 17.3 Å². The summed E-state index contributed by atoms with van der Waals surface area (Å²) in [4.78, 5) is 41.1. The SMILES string of the molecule is CCC(CC)C(=O)C(CC)CSCCN(CC)C(C)(CC)C(C)(CC)C(=O)[B]NC(C)(CC)C(C)=O. The Morgan fingerprint density at radius 3 is 1.81 bits per heavy atom. The molecule has 36 heavy (non-hydrogen) atoms. The monoisotopic (exact) mass is 523 g/mol. The fourth-order valence-corrected chi connectivity index (χ4v) is 6.40. The molecule has 0 aliphatic rings. The van der Waals surface area contributed by atoms with Gasteiger partial charge in [-0.2, -0.15) is 11.8 Å². The lowest BCUT2D eigenvalue weighted by molar-refractivity contribution is -0.130. The van der Waals surface area contributed by atoms with Crippen LogP contribution in [0.1, 0.15) is 115 Å². The number of carbonyl (C=O) groups excluding carboxylic acids is 3. The Labute approximate surface area is 228 Å². The molecule has 0 aromatic heterocycles. The predicted octanol–water partition coefficient (Wildman–Crippen LogP) is 6.15. The molecule has 4 unspecified atom stereocenters. The minimum Gasteiger partial charge on any atom is -0.342 e. The first-order chi connectivity index (χ1) is 16.8. The van der Waals surface area contributed by atoms with Gasteiger partial charge in [0.15, 0.2) is 0 Å². The van der Waals surface area contributed by atoms with Crippen molar-refractivity contribution in [2.24, 2.45) is 17.3 Å². The molecule has 0 amide bonds. The number of thioether (sulfide) groups is 1. The molecule has 0 saturated heterocycles. The highest BCUT2D eigenvalue weighted by Crippen LogP contribution is 2.42. The van der Waals surface area contributed by atoms with Gasteiger partial charge in [0, 0.05) is 40.8 Å². The Hall–Kier alpha value is -0.655. The third-order valence-corrected chi connectivity index (χ3v) is 10.4. The minimum atomic E-state index is -0.726. The molecule has 0 aromatic rings. The van der Waals surface area contributed by atoms with Gasteiger partial charge < -0.3 is 10.0 Å². The van der Waals surface area contributed by atoms with Crippen molar-refractivity contribution in [3.05, 3.63) is 0 Å². The van der Waals surface area contributed by atoms with Gasteiger partial charge in [-0.3, -0.25) is 14.5 Å². The molecule has 0 spiro atoms. The minimum absolute atomic E-state index is 0.0331. The van der Waals surface area contributed by atoms with Gasteiger partial charge in [0.25, 0.3) is 7.41 Å². The third-order valence-electron chi connectivity index (χ3n) is 9.32. The van der Waals surface area contributed by atoms with E-state index in [-0.39, 0.29) is 28.8 Å². The Kier molecular flexibility index (Phi) is 16.0. The normalized spacial score (nSPS) is 17.8. The molecule has 0 aliphatic heterocycles. The van der Waals surface area contributed by atoms with Gasteiger partial charge in [0.05, 0.1) is 5.54 Å². The summed E-state index contributed by atoms with van der Waals surface area (Å²) in [6.07, 6.45) is 4.93. The van der Waals surface area contributed by atoms with Crippen LogP contribution in [0.2, 0.25) is 0 Å². The molecule has 7 heteroatoms.